The number of halogens is 1. The molecule has 0 spiro atoms. The van der Waals surface area contributed by atoms with Crippen LogP contribution in [0.4, 0.5) is 27.9 Å². The molecule has 2 atom stereocenters. The summed E-state index contributed by atoms with van der Waals surface area (Å²) in [6.45, 7) is 4.05. The highest BCUT2D eigenvalue weighted by molar-refractivity contribution is 5.57. The van der Waals surface area contributed by atoms with Gasteiger partial charge in [0.1, 0.15) is 0 Å². The number of benzene rings is 1. The predicted molar refractivity (Wildman–Crippen MR) is 116 cm³/mol. The highest BCUT2D eigenvalue weighted by Crippen LogP contribution is 2.29. The van der Waals surface area contributed by atoms with Crippen molar-refractivity contribution in [3.05, 3.63) is 24.0 Å². The van der Waals surface area contributed by atoms with E-state index < -0.39 is 5.82 Å². The van der Waals surface area contributed by atoms with Gasteiger partial charge < -0.3 is 26.0 Å². The summed E-state index contributed by atoms with van der Waals surface area (Å²) in [7, 11) is 1.44. The summed E-state index contributed by atoms with van der Waals surface area (Å²) in [5, 5.41) is 13.4. The molecule has 1 aliphatic carbocycles. The first-order valence-corrected chi connectivity index (χ1v) is 10.7. The Morgan fingerprint density at radius 2 is 1.97 bits per heavy atom. The average Bonchev–Trinajstić information content (AvgIpc) is 3.42. The van der Waals surface area contributed by atoms with Gasteiger partial charge in [-0.1, -0.05) is 6.92 Å². The maximum absolute atomic E-state index is 14.1. The molecule has 2 aromatic rings. The first-order valence-electron chi connectivity index (χ1n) is 10.7. The van der Waals surface area contributed by atoms with Gasteiger partial charge in [0, 0.05) is 30.4 Å². The molecular formula is C21H30FN7O. The van der Waals surface area contributed by atoms with Crippen LogP contribution in [0.2, 0.25) is 0 Å². The van der Waals surface area contributed by atoms with Gasteiger partial charge in [0.25, 0.3) is 0 Å². The van der Waals surface area contributed by atoms with Gasteiger partial charge in [-0.05, 0) is 56.7 Å². The zero-order chi connectivity index (χ0) is 20.9. The number of hydrogen-bond acceptors (Lipinski definition) is 8. The Bertz CT molecular complexity index is 855. The number of methoxy groups -OCH3 is 1. The molecule has 0 bridgehead atoms. The molecule has 162 valence electrons. The quantitative estimate of drug-likeness (QED) is 0.468. The van der Waals surface area contributed by atoms with Crippen LogP contribution in [0.15, 0.2) is 18.2 Å². The summed E-state index contributed by atoms with van der Waals surface area (Å²) in [5.74, 6) is 1.84. The molecule has 1 aromatic carbocycles. The van der Waals surface area contributed by atoms with Crippen LogP contribution in [0.1, 0.15) is 39.0 Å². The third-order valence-corrected chi connectivity index (χ3v) is 5.63. The summed E-state index contributed by atoms with van der Waals surface area (Å²) < 4.78 is 19.1. The Labute approximate surface area is 176 Å². The number of hydrogen-bond donors (Lipinski definition) is 4. The van der Waals surface area contributed by atoms with Crippen molar-refractivity contribution in [1.82, 2.24) is 20.3 Å². The van der Waals surface area contributed by atoms with Crippen molar-refractivity contribution in [2.45, 2.75) is 51.1 Å². The van der Waals surface area contributed by atoms with Crippen LogP contribution < -0.4 is 26.0 Å². The molecule has 4 N–H and O–H groups in total. The SMILES string of the molecule is CCC(Nc1nc(NCC2CC2)nc(Nc2ccc(OC)c(F)c2)n1)C1CCCN1. The number of aromatic nitrogens is 3. The van der Waals surface area contributed by atoms with Gasteiger partial charge in [0.15, 0.2) is 11.6 Å². The lowest BCUT2D eigenvalue weighted by atomic mass is 10.0. The number of rotatable bonds is 10. The summed E-state index contributed by atoms with van der Waals surface area (Å²) in [4.78, 5) is 13.6. The van der Waals surface area contributed by atoms with Crippen LogP contribution in [0, 0.1) is 11.7 Å². The first-order chi connectivity index (χ1) is 14.6. The molecule has 9 heteroatoms. The van der Waals surface area contributed by atoms with Gasteiger partial charge in [-0.25, -0.2) is 4.39 Å². The molecule has 1 saturated heterocycles. The topological polar surface area (TPSA) is 96.0 Å². The molecule has 4 rings (SSSR count). The second-order valence-electron chi connectivity index (χ2n) is 7.97. The van der Waals surface area contributed by atoms with Crippen LogP contribution in [0.25, 0.3) is 0 Å². The maximum Gasteiger partial charge on any atom is 0.233 e. The average molecular weight is 416 g/mol. The number of ether oxygens (including phenoxy) is 1. The van der Waals surface area contributed by atoms with Crippen molar-refractivity contribution >= 4 is 23.5 Å². The summed E-state index contributed by atoms with van der Waals surface area (Å²) in [6.07, 6.45) is 5.76. The smallest absolute Gasteiger partial charge is 0.233 e. The number of nitrogens with one attached hydrogen (secondary N) is 4. The summed E-state index contributed by atoms with van der Waals surface area (Å²) >= 11 is 0. The maximum atomic E-state index is 14.1. The van der Waals surface area contributed by atoms with Crippen molar-refractivity contribution in [3.8, 4) is 5.75 Å². The lowest BCUT2D eigenvalue weighted by Crippen LogP contribution is -2.40. The Hall–Kier alpha value is -2.68. The van der Waals surface area contributed by atoms with Crippen molar-refractivity contribution < 1.29 is 9.13 Å². The fourth-order valence-electron chi connectivity index (χ4n) is 3.71. The van der Waals surface area contributed by atoms with Crippen LogP contribution in [-0.2, 0) is 0 Å². The molecule has 2 heterocycles. The lowest BCUT2D eigenvalue weighted by molar-refractivity contribution is 0.386. The second kappa shape index (κ2) is 9.42. The zero-order valence-electron chi connectivity index (χ0n) is 17.5. The monoisotopic (exact) mass is 415 g/mol. The number of anilines is 4. The molecule has 0 radical (unpaired) electrons. The molecular weight excluding hydrogens is 385 g/mol. The Balaban J connectivity index is 1.54. The van der Waals surface area contributed by atoms with Gasteiger partial charge in [0.2, 0.25) is 17.8 Å². The van der Waals surface area contributed by atoms with Crippen LogP contribution in [-0.4, -0.2) is 47.2 Å². The van der Waals surface area contributed by atoms with Crippen molar-refractivity contribution in [1.29, 1.82) is 0 Å². The van der Waals surface area contributed by atoms with E-state index in [1.807, 2.05) is 0 Å². The molecule has 2 aliphatic rings. The van der Waals surface area contributed by atoms with E-state index in [1.165, 1.54) is 32.4 Å². The molecule has 1 saturated carbocycles. The molecule has 1 aliphatic heterocycles. The van der Waals surface area contributed by atoms with E-state index in [2.05, 4.69) is 43.1 Å². The highest BCUT2D eigenvalue weighted by Gasteiger charge is 2.25. The third-order valence-electron chi connectivity index (χ3n) is 5.63. The van der Waals surface area contributed by atoms with E-state index in [9.17, 15) is 4.39 Å². The molecule has 30 heavy (non-hydrogen) atoms. The first kappa shape index (κ1) is 20.6. The van der Waals surface area contributed by atoms with Crippen LogP contribution >= 0.6 is 0 Å². The fourth-order valence-corrected chi connectivity index (χ4v) is 3.71. The van der Waals surface area contributed by atoms with Gasteiger partial charge in [-0.2, -0.15) is 15.0 Å². The lowest BCUT2D eigenvalue weighted by Gasteiger charge is -2.24. The van der Waals surface area contributed by atoms with Crippen LogP contribution in [0.5, 0.6) is 5.75 Å². The normalized spacial score (nSPS) is 19.4. The van der Waals surface area contributed by atoms with E-state index in [0.29, 0.717) is 35.5 Å². The minimum absolute atomic E-state index is 0.195. The van der Waals surface area contributed by atoms with Gasteiger partial charge in [-0.15, -0.1) is 0 Å². The van der Waals surface area contributed by atoms with Crippen LogP contribution in [0.3, 0.4) is 0 Å². The molecule has 1 aromatic heterocycles. The highest BCUT2D eigenvalue weighted by atomic mass is 19.1. The molecule has 2 fully saturated rings. The van der Waals surface area contributed by atoms with Crippen molar-refractivity contribution in [2.24, 2.45) is 5.92 Å². The predicted octanol–water partition coefficient (Wildman–Crippen LogP) is 3.53. The Morgan fingerprint density at radius 1 is 1.17 bits per heavy atom. The largest absolute Gasteiger partial charge is 0.494 e. The molecule has 8 nitrogen and oxygen atoms in total. The van der Waals surface area contributed by atoms with Crippen molar-refractivity contribution in [2.75, 3.05) is 36.1 Å². The van der Waals surface area contributed by atoms with Gasteiger partial charge in [0.05, 0.1) is 7.11 Å². The van der Waals surface area contributed by atoms with E-state index >= 15 is 0 Å². The number of nitrogens with zero attached hydrogens (tertiary/aromatic N) is 3. The molecule has 2 unspecified atom stereocenters. The molecule has 0 amide bonds. The van der Waals surface area contributed by atoms with Gasteiger partial charge >= 0.3 is 0 Å². The zero-order valence-corrected chi connectivity index (χ0v) is 17.5. The summed E-state index contributed by atoms with van der Waals surface area (Å²) in [6, 6.07) is 5.31. The standard InChI is InChI=1S/C21H30FN7O/c1-3-16(17-5-4-10-23-17)26-21-28-19(24-12-13-6-7-13)27-20(29-21)25-14-8-9-18(30-2)15(22)11-14/h8-9,11,13,16-17,23H,3-7,10,12H2,1-2H3,(H3,24,25,26,27,28,29). The second-order valence-corrected chi connectivity index (χ2v) is 7.97. The van der Waals surface area contributed by atoms with Crippen molar-refractivity contribution in [3.63, 3.8) is 0 Å². The fraction of sp³-hybridized carbons (Fsp3) is 0.571. The van der Waals surface area contributed by atoms with E-state index in [4.69, 9.17) is 4.74 Å². The third kappa shape index (κ3) is 5.27. The van der Waals surface area contributed by atoms with E-state index in [0.717, 1.165) is 25.9 Å². The Morgan fingerprint density at radius 3 is 2.63 bits per heavy atom. The minimum Gasteiger partial charge on any atom is -0.494 e. The Kier molecular flexibility index (Phi) is 6.47. The minimum atomic E-state index is -0.444. The van der Waals surface area contributed by atoms with E-state index in [1.54, 1.807) is 12.1 Å². The van der Waals surface area contributed by atoms with Gasteiger partial charge in [-0.3, -0.25) is 0 Å². The van der Waals surface area contributed by atoms with E-state index in [-0.39, 0.29) is 11.8 Å². The summed E-state index contributed by atoms with van der Waals surface area (Å²) in [5.41, 5.74) is 0.545.